The van der Waals surface area contributed by atoms with Gasteiger partial charge < -0.3 is 4.74 Å². The predicted octanol–water partition coefficient (Wildman–Crippen LogP) is 8.28. The number of hydrogen-bond acceptors (Lipinski definition) is 2. The van der Waals surface area contributed by atoms with E-state index < -0.39 is 0 Å². The number of hydrogen-bond donors (Lipinski definition) is 0. The van der Waals surface area contributed by atoms with Crippen molar-refractivity contribution >= 4 is 45.0 Å². The van der Waals surface area contributed by atoms with Crippen LogP contribution in [0.3, 0.4) is 0 Å². The van der Waals surface area contributed by atoms with Crippen LogP contribution in [-0.4, -0.2) is 6.21 Å². The molecule has 3 heteroatoms. The molecule has 0 aromatic heterocycles. The van der Waals surface area contributed by atoms with Crippen LogP contribution in [-0.2, 0) is 6.61 Å². The first-order chi connectivity index (χ1) is 15.7. The molecular weight excluding hydrogens is 414 g/mol. The van der Waals surface area contributed by atoms with Crippen molar-refractivity contribution in [2.24, 2.45) is 4.99 Å². The van der Waals surface area contributed by atoms with Gasteiger partial charge in [-0.05, 0) is 57.8 Å². The number of ether oxygens (including phenoxy) is 1. The summed E-state index contributed by atoms with van der Waals surface area (Å²) >= 11 is 6.29. The topological polar surface area (TPSA) is 21.6 Å². The van der Waals surface area contributed by atoms with E-state index in [1.54, 1.807) is 0 Å². The summed E-state index contributed by atoms with van der Waals surface area (Å²) in [6, 6.07) is 32.9. The number of benzene rings is 5. The second-order valence-electron chi connectivity index (χ2n) is 7.77. The van der Waals surface area contributed by atoms with Crippen LogP contribution in [0, 0.1) is 6.92 Å². The van der Waals surface area contributed by atoms with E-state index in [1.165, 1.54) is 10.8 Å². The Kier molecular flexibility index (Phi) is 5.62. The van der Waals surface area contributed by atoms with Gasteiger partial charge in [0.1, 0.15) is 12.4 Å². The fraction of sp³-hybridized carbons (Fsp3) is 0.0690. The summed E-state index contributed by atoms with van der Waals surface area (Å²) in [4.78, 5) is 4.76. The van der Waals surface area contributed by atoms with Crippen LogP contribution < -0.4 is 4.74 Å². The molecule has 0 N–H and O–H groups in total. The van der Waals surface area contributed by atoms with E-state index in [0.29, 0.717) is 11.6 Å². The molecule has 0 atom stereocenters. The van der Waals surface area contributed by atoms with Gasteiger partial charge in [-0.3, -0.25) is 4.99 Å². The van der Waals surface area contributed by atoms with Crippen LogP contribution in [0.4, 0.5) is 5.69 Å². The smallest absolute Gasteiger partial charge is 0.129 e. The average Bonchev–Trinajstić information content (AvgIpc) is 2.84. The summed E-state index contributed by atoms with van der Waals surface area (Å²) in [7, 11) is 0. The first-order valence-electron chi connectivity index (χ1n) is 10.6. The lowest BCUT2D eigenvalue weighted by Crippen LogP contribution is -2.00. The van der Waals surface area contributed by atoms with Crippen LogP contribution in [0.5, 0.6) is 5.75 Å². The van der Waals surface area contributed by atoms with Crippen molar-refractivity contribution in [1.29, 1.82) is 0 Å². The fourth-order valence-corrected chi connectivity index (χ4v) is 4.15. The molecular formula is C29H22ClNO. The summed E-state index contributed by atoms with van der Waals surface area (Å²) in [5.41, 5.74) is 3.93. The minimum Gasteiger partial charge on any atom is -0.488 e. The maximum Gasteiger partial charge on any atom is 0.129 e. The quantitative estimate of drug-likeness (QED) is 0.254. The maximum absolute atomic E-state index is 6.36. The van der Waals surface area contributed by atoms with Gasteiger partial charge in [-0.15, -0.1) is 0 Å². The molecule has 0 fully saturated rings. The van der Waals surface area contributed by atoms with Crippen molar-refractivity contribution in [2.45, 2.75) is 13.5 Å². The van der Waals surface area contributed by atoms with E-state index in [2.05, 4.69) is 60.7 Å². The molecule has 5 rings (SSSR count). The Morgan fingerprint density at radius 3 is 2.28 bits per heavy atom. The van der Waals surface area contributed by atoms with Crippen LogP contribution in [0.25, 0.3) is 21.5 Å². The van der Waals surface area contributed by atoms with Crippen LogP contribution in [0.15, 0.2) is 102 Å². The van der Waals surface area contributed by atoms with Gasteiger partial charge in [0.15, 0.2) is 0 Å². The van der Waals surface area contributed by atoms with E-state index in [4.69, 9.17) is 21.3 Å². The fourth-order valence-electron chi connectivity index (χ4n) is 3.98. The van der Waals surface area contributed by atoms with Crippen LogP contribution >= 0.6 is 11.6 Å². The Hall–Kier alpha value is -3.62. The number of rotatable bonds is 5. The van der Waals surface area contributed by atoms with Gasteiger partial charge in [0.25, 0.3) is 0 Å². The van der Waals surface area contributed by atoms with Gasteiger partial charge in [-0.25, -0.2) is 0 Å². The maximum atomic E-state index is 6.36. The Morgan fingerprint density at radius 1 is 0.750 bits per heavy atom. The van der Waals surface area contributed by atoms with Crippen molar-refractivity contribution in [3.05, 3.63) is 119 Å². The molecule has 0 spiro atoms. The molecule has 156 valence electrons. The lowest BCUT2D eigenvalue weighted by atomic mass is 10.0. The second-order valence-corrected chi connectivity index (χ2v) is 8.17. The van der Waals surface area contributed by atoms with E-state index in [0.717, 1.165) is 38.9 Å². The molecule has 0 aliphatic carbocycles. The third-order valence-electron chi connectivity index (χ3n) is 5.77. The zero-order valence-electron chi connectivity index (χ0n) is 17.8. The van der Waals surface area contributed by atoms with Gasteiger partial charge >= 0.3 is 0 Å². The summed E-state index contributed by atoms with van der Waals surface area (Å²) in [5.74, 6) is 0.806. The molecule has 0 bridgehead atoms. The normalized spacial score (nSPS) is 11.4. The monoisotopic (exact) mass is 435 g/mol. The highest BCUT2D eigenvalue weighted by atomic mass is 35.5. The summed E-state index contributed by atoms with van der Waals surface area (Å²) in [6.07, 6.45) is 1.89. The molecule has 0 aliphatic heterocycles. The third kappa shape index (κ3) is 3.98. The lowest BCUT2D eigenvalue weighted by Gasteiger charge is -2.13. The first-order valence-corrected chi connectivity index (χ1v) is 11.0. The van der Waals surface area contributed by atoms with Gasteiger partial charge in [0, 0.05) is 16.8 Å². The third-order valence-corrected chi connectivity index (χ3v) is 6.18. The summed E-state index contributed by atoms with van der Waals surface area (Å²) < 4.78 is 6.36. The molecule has 0 saturated heterocycles. The summed E-state index contributed by atoms with van der Waals surface area (Å²) in [6.45, 7) is 2.47. The Bertz CT molecular complexity index is 1450. The number of fused-ring (bicyclic) bond motifs is 2. The largest absolute Gasteiger partial charge is 0.488 e. The molecule has 32 heavy (non-hydrogen) atoms. The Labute approximate surface area is 192 Å². The van der Waals surface area contributed by atoms with Gasteiger partial charge in [-0.2, -0.15) is 0 Å². The SMILES string of the molecule is Cc1c(Cl)cccc1N=Cc1c(OCc2cccc3ccccc23)ccc2ccccc12. The molecule has 0 unspecified atom stereocenters. The number of halogens is 1. The van der Waals surface area contributed by atoms with Gasteiger partial charge in [0.2, 0.25) is 0 Å². The zero-order chi connectivity index (χ0) is 21.9. The van der Waals surface area contributed by atoms with E-state index >= 15 is 0 Å². The number of nitrogens with zero attached hydrogens (tertiary/aromatic N) is 1. The van der Waals surface area contributed by atoms with E-state index in [1.807, 2.05) is 49.5 Å². The zero-order valence-corrected chi connectivity index (χ0v) is 18.5. The molecule has 0 aliphatic rings. The van der Waals surface area contributed by atoms with Crippen molar-refractivity contribution in [3.8, 4) is 5.75 Å². The van der Waals surface area contributed by atoms with Crippen molar-refractivity contribution < 1.29 is 4.74 Å². The highest BCUT2D eigenvalue weighted by Crippen LogP contribution is 2.30. The molecule has 0 radical (unpaired) electrons. The molecule has 5 aromatic rings. The molecule has 0 saturated carbocycles. The van der Waals surface area contributed by atoms with Crippen molar-refractivity contribution in [2.75, 3.05) is 0 Å². The van der Waals surface area contributed by atoms with E-state index in [9.17, 15) is 0 Å². The highest BCUT2D eigenvalue weighted by Gasteiger charge is 2.09. The van der Waals surface area contributed by atoms with E-state index in [-0.39, 0.29) is 0 Å². The van der Waals surface area contributed by atoms with Crippen LogP contribution in [0.1, 0.15) is 16.7 Å². The standard InChI is InChI=1S/C29H22ClNO/c1-20-27(30)14-7-15-28(20)31-18-26-25-13-5-3-9-22(25)16-17-29(26)32-19-23-11-6-10-21-8-2-4-12-24(21)23/h2-18H,19H2,1H3. The van der Waals surface area contributed by atoms with Crippen molar-refractivity contribution in [3.63, 3.8) is 0 Å². The molecule has 2 nitrogen and oxygen atoms in total. The number of aliphatic imine (C=N–C) groups is 1. The van der Waals surface area contributed by atoms with Gasteiger partial charge in [0.05, 0.1) is 5.69 Å². The average molecular weight is 436 g/mol. The van der Waals surface area contributed by atoms with Crippen molar-refractivity contribution in [1.82, 2.24) is 0 Å². The molecule has 5 aromatic carbocycles. The van der Waals surface area contributed by atoms with Gasteiger partial charge in [-0.1, -0.05) is 90.5 Å². The highest BCUT2D eigenvalue weighted by molar-refractivity contribution is 6.31. The second kappa shape index (κ2) is 8.86. The predicted molar refractivity (Wildman–Crippen MR) is 136 cm³/mol. The minimum atomic E-state index is 0.483. The summed E-state index contributed by atoms with van der Waals surface area (Å²) in [5, 5.41) is 5.39. The minimum absolute atomic E-state index is 0.483. The molecule has 0 amide bonds. The molecule has 0 heterocycles. The Balaban J connectivity index is 1.54. The Morgan fingerprint density at radius 2 is 1.44 bits per heavy atom. The van der Waals surface area contributed by atoms with Crippen LogP contribution in [0.2, 0.25) is 5.02 Å². The first kappa shape index (κ1) is 20.3. The lowest BCUT2D eigenvalue weighted by molar-refractivity contribution is 0.307.